The van der Waals surface area contributed by atoms with Gasteiger partial charge in [0.25, 0.3) is 0 Å². The molecule has 0 aromatic rings. The third kappa shape index (κ3) is 2.35. The second kappa shape index (κ2) is 4.06. The first-order valence-electron chi connectivity index (χ1n) is 5.45. The molecule has 0 radical (unpaired) electrons. The summed E-state index contributed by atoms with van der Waals surface area (Å²) >= 11 is 0. The minimum atomic E-state index is -3.04. The number of carbonyl (C=O) groups excluding carboxylic acids is 1. The van der Waals surface area contributed by atoms with Crippen LogP contribution in [0.2, 0.25) is 0 Å². The van der Waals surface area contributed by atoms with Crippen LogP contribution in [0.25, 0.3) is 0 Å². The van der Waals surface area contributed by atoms with Crippen LogP contribution in [0.5, 0.6) is 0 Å². The number of hydrogen-bond donors (Lipinski definition) is 0. The summed E-state index contributed by atoms with van der Waals surface area (Å²) in [6, 6.07) is 0. The van der Waals surface area contributed by atoms with Crippen LogP contribution in [0.1, 0.15) is 19.8 Å². The van der Waals surface area contributed by atoms with Gasteiger partial charge < -0.3 is 4.74 Å². The van der Waals surface area contributed by atoms with Gasteiger partial charge in [0, 0.05) is 7.11 Å². The van der Waals surface area contributed by atoms with Gasteiger partial charge in [-0.15, -0.1) is 0 Å². The predicted molar refractivity (Wildman–Crippen MR) is 62.4 cm³/mol. The zero-order chi connectivity index (χ0) is 12.7. The molecule has 1 fully saturated rings. The van der Waals surface area contributed by atoms with Crippen molar-refractivity contribution >= 4 is 21.5 Å². The average Bonchev–Trinajstić information content (AvgIpc) is 2.69. The second-order valence-corrected chi connectivity index (χ2v) is 7.00. The van der Waals surface area contributed by atoms with E-state index in [-0.39, 0.29) is 23.8 Å². The van der Waals surface area contributed by atoms with Gasteiger partial charge in [-0.25, -0.2) is 13.4 Å². The van der Waals surface area contributed by atoms with Crippen LogP contribution in [0.15, 0.2) is 5.10 Å². The summed E-state index contributed by atoms with van der Waals surface area (Å²) in [6.07, 6.45) is 0.675. The highest BCUT2D eigenvalue weighted by molar-refractivity contribution is 7.91. The van der Waals surface area contributed by atoms with E-state index in [1.165, 1.54) is 12.1 Å². The number of hydrazone groups is 1. The second-order valence-electron chi connectivity index (χ2n) is 4.82. The van der Waals surface area contributed by atoms with Gasteiger partial charge in [0.2, 0.25) is 5.91 Å². The molecule has 6 nitrogen and oxygen atoms in total. The number of hydrogen-bond acceptors (Lipinski definition) is 5. The molecule has 96 valence electrons. The number of amides is 1. The summed E-state index contributed by atoms with van der Waals surface area (Å²) in [5.74, 6) is -0.0191. The first-order valence-corrected chi connectivity index (χ1v) is 7.27. The predicted octanol–water partition coefficient (Wildman–Crippen LogP) is -0.202. The van der Waals surface area contributed by atoms with Crippen LogP contribution in [-0.2, 0) is 19.4 Å². The lowest BCUT2D eigenvalue weighted by Crippen LogP contribution is -2.45. The third-order valence-electron chi connectivity index (χ3n) is 3.14. The Hall–Kier alpha value is -0.950. The van der Waals surface area contributed by atoms with Crippen molar-refractivity contribution in [1.29, 1.82) is 0 Å². The number of methoxy groups -OCH3 is 1. The van der Waals surface area contributed by atoms with E-state index in [4.69, 9.17) is 4.74 Å². The Morgan fingerprint density at radius 3 is 2.76 bits per heavy atom. The number of nitrogens with zero attached hydrogens (tertiary/aromatic N) is 2. The molecular formula is C10H16N2O4S. The minimum absolute atomic E-state index is 0.00446. The van der Waals surface area contributed by atoms with Gasteiger partial charge in [-0.05, 0) is 13.3 Å². The van der Waals surface area contributed by atoms with E-state index in [2.05, 4.69) is 5.10 Å². The number of sulfone groups is 1. The molecule has 7 heteroatoms. The molecule has 0 saturated carbocycles. The molecule has 1 amide bonds. The minimum Gasteiger partial charge on any atom is -0.379 e. The fraction of sp³-hybridized carbons (Fsp3) is 0.800. The molecular weight excluding hydrogens is 244 g/mol. The molecule has 0 spiro atoms. The normalized spacial score (nSPS) is 32.0. The van der Waals surface area contributed by atoms with Gasteiger partial charge in [-0.1, -0.05) is 0 Å². The summed E-state index contributed by atoms with van der Waals surface area (Å²) in [6.45, 7) is 2.08. The maximum Gasteiger partial charge on any atom is 0.249 e. The lowest BCUT2D eigenvalue weighted by Gasteiger charge is -2.30. The molecule has 0 bridgehead atoms. The lowest BCUT2D eigenvalue weighted by molar-refractivity contribution is -0.133. The summed E-state index contributed by atoms with van der Waals surface area (Å²) in [7, 11) is -1.50. The Kier molecular flexibility index (Phi) is 2.99. The van der Waals surface area contributed by atoms with Crippen molar-refractivity contribution in [2.75, 3.05) is 25.2 Å². The van der Waals surface area contributed by atoms with Gasteiger partial charge in [0.05, 0.1) is 35.8 Å². The van der Waals surface area contributed by atoms with Gasteiger partial charge in [-0.2, -0.15) is 5.10 Å². The van der Waals surface area contributed by atoms with Crippen LogP contribution in [0.4, 0.5) is 0 Å². The van der Waals surface area contributed by atoms with E-state index in [1.54, 1.807) is 6.92 Å². The standard InChI is InChI=1S/C10H16N2O4S/c1-10(3-4-17(14,15)7-10)12-9(13)5-8(11-12)6-16-2/h3-7H2,1-2H3. The molecule has 2 heterocycles. The Bertz CT molecular complexity index is 471. The van der Waals surface area contributed by atoms with E-state index in [0.29, 0.717) is 18.7 Å². The van der Waals surface area contributed by atoms with Crippen molar-refractivity contribution < 1.29 is 17.9 Å². The Balaban J connectivity index is 2.21. The van der Waals surface area contributed by atoms with Gasteiger partial charge in [0.1, 0.15) is 0 Å². The molecule has 0 aliphatic carbocycles. The highest BCUT2D eigenvalue weighted by atomic mass is 32.2. The topological polar surface area (TPSA) is 76.0 Å². The Labute approximate surface area is 101 Å². The summed E-state index contributed by atoms with van der Waals surface area (Å²) in [5.41, 5.74) is -0.0335. The van der Waals surface area contributed by atoms with E-state index >= 15 is 0 Å². The van der Waals surface area contributed by atoms with Crippen molar-refractivity contribution in [2.24, 2.45) is 5.10 Å². The fourth-order valence-corrected chi connectivity index (χ4v) is 4.42. The molecule has 0 N–H and O–H groups in total. The van der Waals surface area contributed by atoms with E-state index in [0.717, 1.165) is 0 Å². The molecule has 1 unspecified atom stereocenters. The quantitative estimate of drug-likeness (QED) is 0.704. The highest BCUT2D eigenvalue weighted by Gasteiger charge is 2.47. The number of ether oxygens (including phenoxy) is 1. The molecule has 1 atom stereocenters. The van der Waals surface area contributed by atoms with Crippen LogP contribution in [0.3, 0.4) is 0 Å². The first-order chi connectivity index (χ1) is 7.86. The van der Waals surface area contributed by atoms with Gasteiger partial charge in [-0.3, -0.25) is 4.79 Å². The van der Waals surface area contributed by atoms with E-state index in [1.807, 2.05) is 0 Å². The summed E-state index contributed by atoms with van der Waals surface area (Å²) in [4.78, 5) is 11.8. The number of rotatable bonds is 3. The molecule has 0 aromatic heterocycles. The van der Waals surface area contributed by atoms with Crippen LogP contribution in [-0.4, -0.2) is 55.8 Å². The molecule has 17 heavy (non-hydrogen) atoms. The monoisotopic (exact) mass is 260 g/mol. The van der Waals surface area contributed by atoms with Crippen LogP contribution in [0, 0.1) is 0 Å². The molecule has 2 aliphatic heterocycles. The van der Waals surface area contributed by atoms with E-state index < -0.39 is 15.4 Å². The van der Waals surface area contributed by atoms with Gasteiger partial charge >= 0.3 is 0 Å². The van der Waals surface area contributed by atoms with Crippen molar-refractivity contribution in [2.45, 2.75) is 25.3 Å². The molecule has 1 saturated heterocycles. The Morgan fingerprint density at radius 1 is 1.53 bits per heavy atom. The first kappa shape index (κ1) is 12.5. The fourth-order valence-electron chi connectivity index (χ4n) is 2.31. The van der Waals surface area contributed by atoms with Crippen molar-refractivity contribution in [1.82, 2.24) is 5.01 Å². The highest BCUT2D eigenvalue weighted by Crippen LogP contribution is 2.32. The zero-order valence-corrected chi connectivity index (χ0v) is 10.8. The Morgan fingerprint density at radius 2 is 2.24 bits per heavy atom. The van der Waals surface area contributed by atoms with Crippen molar-refractivity contribution in [3.63, 3.8) is 0 Å². The molecule has 2 aliphatic rings. The van der Waals surface area contributed by atoms with Crippen LogP contribution < -0.4 is 0 Å². The largest absolute Gasteiger partial charge is 0.379 e. The maximum atomic E-state index is 11.8. The molecule has 0 aromatic carbocycles. The third-order valence-corrected chi connectivity index (χ3v) is 5.03. The SMILES string of the molecule is COCC1=NN(C2(C)CCS(=O)(=O)C2)C(=O)C1. The smallest absolute Gasteiger partial charge is 0.249 e. The van der Waals surface area contributed by atoms with Crippen molar-refractivity contribution in [3.05, 3.63) is 0 Å². The summed E-state index contributed by atoms with van der Waals surface area (Å²) < 4.78 is 27.9. The van der Waals surface area contributed by atoms with Gasteiger partial charge in [0.15, 0.2) is 9.84 Å². The zero-order valence-electron chi connectivity index (χ0n) is 9.97. The molecule has 2 rings (SSSR count). The van der Waals surface area contributed by atoms with E-state index in [9.17, 15) is 13.2 Å². The number of carbonyl (C=O) groups is 1. The summed E-state index contributed by atoms with van der Waals surface area (Å²) in [5, 5.41) is 5.53. The maximum absolute atomic E-state index is 11.8. The van der Waals surface area contributed by atoms with Crippen LogP contribution >= 0.6 is 0 Å². The average molecular weight is 260 g/mol. The lowest BCUT2D eigenvalue weighted by atomic mass is 10.0. The van der Waals surface area contributed by atoms with Crippen molar-refractivity contribution in [3.8, 4) is 0 Å².